The number of carbonyl (C=O) groups excluding carboxylic acids is 1. The van der Waals surface area contributed by atoms with E-state index in [9.17, 15) is 4.79 Å². The minimum atomic E-state index is -0.00970. The highest BCUT2D eigenvalue weighted by molar-refractivity contribution is 7.99. The molecule has 4 heteroatoms. The number of nitrogens with zero attached hydrogens (tertiary/aromatic N) is 1. The molecule has 0 radical (unpaired) electrons. The van der Waals surface area contributed by atoms with E-state index >= 15 is 0 Å². The fourth-order valence-corrected chi connectivity index (χ4v) is 3.14. The molecule has 3 nitrogen and oxygen atoms in total. The van der Waals surface area contributed by atoms with Gasteiger partial charge >= 0.3 is 0 Å². The molecule has 2 aromatic carbocycles. The van der Waals surface area contributed by atoms with Gasteiger partial charge in [0.25, 0.3) is 5.91 Å². The Balaban J connectivity index is 1.80. The number of amides is 1. The topological polar surface area (TPSA) is 32.3 Å². The van der Waals surface area contributed by atoms with Crippen LogP contribution in [0.4, 0.5) is 5.69 Å². The second-order valence-electron chi connectivity index (χ2n) is 5.46. The molecular weight excluding hydrogens is 316 g/mol. The van der Waals surface area contributed by atoms with E-state index in [2.05, 4.69) is 36.0 Å². The van der Waals surface area contributed by atoms with Crippen molar-refractivity contribution in [1.29, 1.82) is 0 Å². The average molecular weight is 340 g/mol. The molecule has 24 heavy (non-hydrogen) atoms. The van der Waals surface area contributed by atoms with Crippen LogP contribution in [0.5, 0.6) is 0 Å². The maximum Gasteiger partial charge on any atom is 0.252 e. The van der Waals surface area contributed by atoms with E-state index in [0.717, 1.165) is 29.2 Å². The first kappa shape index (κ1) is 18.1. The van der Waals surface area contributed by atoms with Crippen molar-refractivity contribution in [2.75, 3.05) is 30.8 Å². The molecule has 2 aromatic rings. The Hall–Kier alpha value is -2.20. The van der Waals surface area contributed by atoms with E-state index < -0.39 is 0 Å². The van der Waals surface area contributed by atoms with E-state index in [1.54, 1.807) is 11.8 Å². The number of thioether (sulfide) groups is 1. The summed E-state index contributed by atoms with van der Waals surface area (Å²) in [5.74, 6) is 0.788. The SMILES string of the molecule is C=CCSc1ccccc1C(=O)NCCCN(C)c1ccccc1. The van der Waals surface area contributed by atoms with Gasteiger partial charge in [0.05, 0.1) is 5.56 Å². The molecule has 0 aliphatic heterocycles. The maximum absolute atomic E-state index is 12.4. The lowest BCUT2D eigenvalue weighted by Gasteiger charge is -2.19. The van der Waals surface area contributed by atoms with Crippen LogP contribution in [-0.4, -0.2) is 31.8 Å². The lowest BCUT2D eigenvalue weighted by atomic mass is 10.2. The Morgan fingerprint density at radius 1 is 1.17 bits per heavy atom. The summed E-state index contributed by atoms with van der Waals surface area (Å²) in [7, 11) is 2.07. The summed E-state index contributed by atoms with van der Waals surface area (Å²) in [4.78, 5) is 15.6. The quantitative estimate of drug-likeness (QED) is 0.421. The molecule has 0 bridgehead atoms. The third-order valence-corrected chi connectivity index (χ3v) is 4.71. The third-order valence-electron chi connectivity index (χ3n) is 3.64. The second-order valence-corrected chi connectivity index (χ2v) is 6.52. The molecule has 0 saturated heterocycles. The van der Waals surface area contributed by atoms with Crippen LogP contribution < -0.4 is 10.2 Å². The van der Waals surface area contributed by atoms with Gasteiger partial charge in [-0.05, 0) is 30.7 Å². The van der Waals surface area contributed by atoms with Crippen LogP contribution in [0.15, 0.2) is 72.1 Å². The van der Waals surface area contributed by atoms with Crippen LogP contribution >= 0.6 is 11.8 Å². The Morgan fingerprint density at radius 3 is 2.62 bits per heavy atom. The fourth-order valence-electron chi connectivity index (χ4n) is 2.35. The molecule has 1 N–H and O–H groups in total. The lowest BCUT2D eigenvalue weighted by molar-refractivity contribution is 0.0950. The van der Waals surface area contributed by atoms with Gasteiger partial charge in [0.1, 0.15) is 0 Å². The minimum Gasteiger partial charge on any atom is -0.375 e. The molecule has 0 aliphatic carbocycles. The Labute approximate surface area is 148 Å². The van der Waals surface area contributed by atoms with Crippen molar-refractivity contribution in [1.82, 2.24) is 5.32 Å². The van der Waals surface area contributed by atoms with Crippen LogP contribution in [0, 0.1) is 0 Å². The summed E-state index contributed by atoms with van der Waals surface area (Å²) in [6.45, 7) is 5.29. The highest BCUT2D eigenvalue weighted by Crippen LogP contribution is 2.22. The number of carbonyl (C=O) groups is 1. The van der Waals surface area contributed by atoms with Crippen molar-refractivity contribution in [2.24, 2.45) is 0 Å². The van der Waals surface area contributed by atoms with Crippen LogP contribution in [0.3, 0.4) is 0 Å². The van der Waals surface area contributed by atoms with Crippen molar-refractivity contribution in [3.8, 4) is 0 Å². The van der Waals surface area contributed by atoms with Crippen molar-refractivity contribution in [3.63, 3.8) is 0 Å². The van der Waals surface area contributed by atoms with Crippen LogP contribution in [0.25, 0.3) is 0 Å². The smallest absolute Gasteiger partial charge is 0.252 e. The molecule has 0 spiro atoms. The normalized spacial score (nSPS) is 10.2. The highest BCUT2D eigenvalue weighted by atomic mass is 32.2. The van der Waals surface area contributed by atoms with Gasteiger partial charge in [0.15, 0.2) is 0 Å². The summed E-state index contributed by atoms with van der Waals surface area (Å²) in [6.07, 6.45) is 2.75. The molecule has 0 unspecified atom stereocenters. The summed E-state index contributed by atoms with van der Waals surface area (Å²) in [5.41, 5.74) is 1.93. The van der Waals surface area contributed by atoms with E-state index in [0.29, 0.717) is 6.54 Å². The molecule has 0 heterocycles. The zero-order valence-electron chi connectivity index (χ0n) is 14.1. The molecule has 2 rings (SSSR count). The number of rotatable bonds is 9. The van der Waals surface area contributed by atoms with Crippen molar-refractivity contribution in [2.45, 2.75) is 11.3 Å². The van der Waals surface area contributed by atoms with Gasteiger partial charge in [0.2, 0.25) is 0 Å². The number of nitrogens with one attached hydrogen (secondary N) is 1. The maximum atomic E-state index is 12.4. The molecule has 0 aromatic heterocycles. The molecule has 1 amide bonds. The first-order chi connectivity index (χ1) is 11.7. The van der Waals surface area contributed by atoms with Gasteiger partial charge in [0, 0.05) is 36.5 Å². The first-order valence-corrected chi connectivity index (χ1v) is 9.08. The Bertz CT molecular complexity index is 658. The molecule has 0 atom stereocenters. The first-order valence-electron chi connectivity index (χ1n) is 8.09. The summed E-state index contributed by atoms with van der Waals surface area (Å²) >= 11 is 1.63. The van der Waals surface area contributed by atoms with Crippen LogP contribution in [-0.2, 0) is 0 Å². The van der Waals surface area contributed by atoms with Crippen LogP contribution in [0.1, 0.15) is 16.8 Å². The summed E-state index contributed by atoms with van der Waals surface area (Å²) < 4.78 is 0. The third kappa shape index (κ3) is 5.46. The average Bonchev–Trinajstić information content (AvgIpc) is 2.64. The summed E-state index contributed by atoms with van der Waals surface area (Å²) in [5, 5.41) is 3.02. The van der Waals surface area contributed by atoms with E-state index in [1.165, 1.54) is 5.69 Å². The van der Waals surface area contributed by atoms with E-state index in [-0.39, 0.29) is 5.91 Å². The number of para-hydroxylation sites is 1. The summed E-state index contributed by atoms with van der Waals surface area (Å²) in [6, 6.07) is 18.0. The van der Waals surface area contributed by atoms with Gasteiger partial charge in [-0.2, -0.15) is 0 Å². The number of hydrogen-bond donors (Lipinski definition) is 1. The number of hydrogen-bond acceptors (Lipinski definition) is 3. The molecular formula is C20H24N2OS. The van der Waals surface area contributed by atoms with E-state index in [4.69, 9.17) is 0 Å². The highest BCUT2D eigenvalue weighted by Gasteiger charge is 2.10. The molecule has 0 aliphatic rings. The van der Waals surface area contributed by atoms with Gasteiger partial charge in [-0.1, -0.05) is 36.4 Å². The van der Waals surface area contributed by atoms with Gasteiger partial charge in [-0.25, -0.2) is 0 Å². The van der Waals surface area contributed by atoms with Crippen molar-refractivity contribution in [3.05, 3.63) is 72.8 Å². The van der Waals surface area contributed by atoms with Gasteiger partial charge < -0.3 is 10.2 Å². The lowest BCUT2D eigenvalue weighted by Crippen LogP contribution is -2.28. The Morgan fingerprint density at radius 2 is 1.88 bits per heavy atom. The van der Waals surface area contributed by atoms with Crippen molar-refractivity contribution < 1.29 is 4.79 Å². The molecule has 0 fully saturated rings. The second kappa shape index (κ2) is 9.83. The molecule has 126 valence electrons. The molecule has 0 saturated carbocycles. The zero-order valence-corrected chi connectivity index (χ0v) is 14.9. The van der Waals surface area contributed by atoms with E-state index in [1.807, 2.05) is 48.5 Å². The Kier molecular flexibility index (Phi) is 7.43. The number of benzene rings is 2. The largest absolute Gasteiger partial charge is 0.375 e. The zero-order chi connectivity index (χ0) is 17.2. The van der Waals surface area contributed by atoms with Crippen molar-refractivity contribution >= 4 is 23.4 Å². The standard InChI is InChI=1S/C20H24N2OS/c1-3-16-24-19-13-8-7-12-18(19)20(23)21-14-9-15-22(2)17-10-5-4-6-11-17/h3-8,10-13H,1,9,14-16H2,2H3,(H,21,23). The van der Waals surface area contributed by atoms with Crippen LogP contribution in [0.2, 0.25) is 0 Å². The van der Waals surface area contributed by atoms with Gasteiger partial charge in [-0.15, -0.1) is 18.3 Å². The fraction of sp³-hybridized carbons (Fsp3) is 0.250. The number of anilines is 1. The monoisotopic (exact) mass is 340 g/mol. The van der Waals surface area contributed by atoms with Gasteiger partial charge in [-0.3, -0.25) is 4.79 Å². The predicted molar refractivity (Wildman–Crippen MR) is 104 cm³/mol. The minimum absolute atomic E-state index is 0.00970. The predicted octanol–water partition coefficient (Wildman–Crippen LogP) is 4.22.